The molecule has 0 rings (SSSR count). The Morgan fingerprint density at radius 1 is 1.12 bits per heavy atom. The second-order valence-electron chi connectivity index (χ2n) is 4.30. The number of nitrogens with one attached hydrogen (secondary N) is 1. The highest BCUT2D eigenvalue weighted by Gasteiger charge is 2.14. The van der Waals surface area contributed by atoms with Crippen LogP contribution in [0.15, 0.2) is 0 Å². The van der Waals surface area contributed by atoms with Gasteiger partial charge in [-0.3, -0.25) is 0 Å². The lowest BCUT2D eigenvalue weighted by Gasteiger charge is -2.23. The van der Waals surface area contributed by atoms with Gasteiger partial charge < -0.3 is 14.8 Å². The average molecular weight is 231 g/mol. The molecule has 1 N–H and O–H groups in total. The Morgan fingerprint density at radius 3 is 2.44 bits per heavy atom. The molecule has 0 fully saturated rings. The van der Waals surface area contributed by atoms with E-state index < -0.39 is 0 Å². The molecule has 0 aliphatic heterocycles. The monoisotopic (exact) mass is 231 g/mol. The predicted molar refractivity (Wildman–Crippen MR) is 68.8 cm³/mol. The lowest BCUT2D eigenvalue weighted by Crippen LogP contribution is -2.34. The number of hydrogen-bond acceptors (Lipinski definition) is 3. The van der Waals surface area contributed by atoms with Gasteiger partial charge in [-0.1, -0.05) is 20.3 Å². The number of methoxy groups -OCH3 is 1. The molecular weight excluding hydrogens is 202 g/mol. The van der Waals surface area contributed by atoms with Crippen molar-refractivity contribution >= 4 is 0 Å². The van der Waals surface area contributed by atoms with Crippen molar-refractivity contribution in [1.82, 2.24) is 5.32 Å². The van der Waals surface area contributed by atoms with Crippen LogP contribution in [0.2, 0.25) is 0 Å². The first kappa shape index (κ1) is 15.9. The van der Waals surface area contributed by atoms with Crippen LogP contribution in [0, 0.1) is 5.92 Å². The maximum absolute atomic E-state index is 5.51. The van der Waals surface area contributed by atoms with Gasteiger partial charge in [0.05, 0.1) is 13.2 Å². The number of hydrogen-bond donors (Lipinski definition) is 1. The third kappa shape index (κ3) is 8.08. The van der Waals surface area contributed by atoms with Crippen LogP contribution in [0.5, 0.6) is 0 Å². The van der Waals surface area contributed by atoms with Gasteiger partial charge in [-0.2, -0.15) is 0 Å². The van der Waals surface area contributed by atoms with Crippen LogP contribution in [0.1, 0.15) is 40.0 Å². The van der Waals surface area contributed by atoms with Gasteiger partial charge >= 0.3 is 0 Å². The Morgan fingerprint density at radius 2 is 1.88 bits per heavy atom. The van der Waals surface area contributed by atoms with E-state index in [1.54, 1.807) is 7.11 Å². The molecular formula is C13H29NO2. The smallest absolute Gasteiger partial charge is 0.0700 e. The molecule has 2 atom stereocenters. The summed E-state index contributed by atoms with van der Waals surface area (Å²) in [5.41, 5.74) is 0. The van der Waals surface area contributed by atoms with E-state index in [1.165, 1.54) is 12.8 Å². The fraction of sp³-hybridized carbons (Fsp3) is 1.00. The van der Waals surface area contributed by atoms with Gasteiger partial charge in [0, 0.05) is 19.8 Å². The van der Waals surface area contributed by atoms with Crippen molar-refractivity contribution in [2.75, 3.05) is 33.5 Å². The molecule has 0 aliphatic rings. The summed E-state index contributed by atoms with van der Waals surface area (Å²) in [6, 6.07) is 0.593. The molecule has 0 amide bonds. The second kappa shape index (κ2) is 11.4. The summed E-state index contributed by atoms with van der Waals surface area (Å²) >= 11 is 0. The van der Waals surface area contributed by atoms with Crippen LogP contribution in [0.25, 0.3) is 0 Å². The van der Waals surface area contributed by atoms with Gasteiger partial charge in [0.2, 0.25) is 0 Å². The Bertz CT molecular complexity index is 142. The van der Waals surface area contributed by atoms with Crippen molar-refractivity contribution in [2.24, 2.45) is 5.92 Å². The molecule has 0 aromatic heterocycles. The van der Waals surface area contributed by atoms with E-state index in [0.29, 0.717) is 25.2 Å². The summed E-state index contributed by atoms with van der Waals surface area (Å²) in [5, 5.41) is 3.56. The molecule has 3 heteroatoms. The molecule has 0 bridgehead atoms. The van der Waals surface area contributed by atoms with E-state index in [2.05, 4.69) is 26.1 Å². The first-order valence-corrected chi connectivity index (χ1v) is 6.56. The van der Waals surface area contributed by atoms with Crippen molar-refractivity contribution in [1.29, 1.82) is 0 Å². The zero-order valence-corrected chi connectivity index (χ0v) is 11.4. The van der Waals surface area contributed by atoms with Crippen LogP contribution >= 0.6 is 0 Å². The predicted octanol–water partition coefficient (Wildman–Crippen LogP) is 2.45. The highest BCUT2D eigenvalue weighted by Crippen LogP contribution is 2.13. The van der Waals surface area contributed by atoms with E-state index in [1.807, 2.05) is 0 Å². The zero-order valence-electron chi connectivity index (χ0n) is 11.4. The summed E-state index contributed by atoms with van der Waals surface area (Å²) in [4.78, 5) is 0. The first-order valence-electron chi connectivity index (χ1n) is 6.56. The quantitative estimate of drug-likeness (QED) is 0.554. The average Bonchev–Trinajstić information content (AvgIpc) is 2.31. The van der Waals surface area contributed by atoms with E-state index in [-0.39, 0.29) is 0 Å². The largest absolute Gasteiger partial charge is 0.382 e. The Balaban J connectivity index is 3.56. The Hall–Kier alpha value is -0.120. The molecule has 0 aromatic carbocycles. The van der Waals surface area contributed by atoms with E-state index in [0.717, 1.165) is 19.6 Å². The molecule has 0 spiro atoms. The van der Waals surface area contributed by atoms with E-state index in [9.17, 15) is 0 Å². The molecule has 2 unspecified atom stereocenters. The molecule has 0 aromatic rings. The van der Waals surface area contributed by atoms with Gasteiger partial charge in [0.25, 0.3) is 0 Å². The molecule has 0 aliphatic carbocycles. The molecule has 98 valence electrons. The third-order valence-corrected chi connectivity index (χ3v) is 3.01. The summed E-state index contributed by atoms with van der Waals surface area (Å²) in [5.74, 6) is 0.717. The molecule has 0 radical (unpaired) electrons. The van der Waals surface area contributed by atoms with Crippen LogP contribution in [-0.4, -0.2) is 39.5 Å². The van der Waals surface area contributed by atoms with Crippen molar-refractivity contribution < 1.29 is 9.47 Å². The maximum atomic E-state index is 5.51. The van der Waals surface area contributed by atoms with Gasteiger partial charge in [0.1, 0.15) is 0 Å². The highest BCUT2D eigenvalue weighted by molar-refractivity contribution is 4.70. The lowest BCUT2D eigenvalue weighted by molar-refractivity contribution is 0.0612. The van der Waals surface area contributed by atoms with Gasteiger partial charge in [-0.05, 0) is 32.2 Å². The molecule has 3 nitrogen and oxygen atoms in total. The molecule has 0 saturated carbocycles. The van der Waals surface area contributed by atoms with Crippen LogP contribution in [0.4, 0.5) is 0 Å². The van der Waals surface area contributed by atoms with Crippen molar-refractivity contribution in [3.8, 4) is 0 Å². The van der Waals surface area contributed by atoms with Crippen molar-refractivity contribution in [3.05, 3.63) is 0 Å². The van der Waals surface area contributed by atoms with Crippen molar-refractivity contribution in [3.63, 3.8) is 0 Å². The molecule has 0 saturated heterocycles. The van der Waals surface area contributed by atoms with Gasteiger partial charge in [-0.25, -0.2) is 0 Å². The van der Waals surface area contributed by atoms with Crippen LogP contribution < -0.4 is 5.32 Å². The first-order chi connectivity index (χ1) is 7.76. The van der Waals surface area contributed by atoms with Crippen LogP contribution in [0.3, 0.4) is 0 Å². The number of rotatable bonds is 11. The van der Waals surface area contributed by atoms with E-state index >= 15 is 0 Å². The summed E-state index contributed by atoms with van der Waals surface area (Å²) in [6.07, 6.45) is 3.55. The molecule has 0 heterocycles. The maximum Gasteiger partial charge on any atom is 0.0700 e. The second-order valence-corrected chi connectivity index (χ2v) is 4.30. The zero-order chi connectivity index (χ0) is 12.2. The van der Waals surface area contributed by atoms with Gasteiger partial charge in [-0.15, -0.1) is 0 Å². The topological polar surface area (TPSA) is 30.5 Å². The minimum absolute atomic E-state index is 0.593. The Kier molecular flexibility index (Phi) is 11.3. The summed E-state index contributed by atoms with van der Waals surface area (Å²) in [6.45, 7) is 10.1. The van der Waals surface area contributed by atoms with Crippen LogP contribution in [-0.2, 0) is 9.47 Å². The lowest BCUT2D eigenvalue weighted by atomic mass is 9.95. The highest BCUT2D eigenvalue weighted by atomic mass is 16.5. The minimum atomic E-state index is 0.593. The SMILES string of the molecule is CCCNC(C)C(CC)CCOCCOC. The Labute approximate surface area is 101 Å². The fourth-order valence-electron chi connectivity index (χ4n) is 1.83. The summed E-state index contributed by atoms with van der Waals surface area (Å²) < 4.78 is 10.4. The van der Waals surface area contributed by atoms with Crippen molar-refractivity contribution in [2.45, 2.75) is 46.1 Å². The normalized spacial score (nSPS) is 15.0. The fourth-order valence-corrected chi connectivity index (χ4v) is 1.83. The minimum Gasteiger partial charge on any atom is -0.382 e. The summed E-state index contributed by atoms with van der Waals surface area (Å²) in [7, 11) is 1.70. The van der Waals surface area contributed by atoms with Gasteiger partial charge in [0.15, 0.2) is 0 Å². The molecule has 16 heavy (non-hydrogen) atoms. The van der Waals surface area contributed by atoms with E-state index in [4.69, 9.17) is 9.47 Å². The standard InChI is InChI=1S/C13H29NO2/c1-5-8-14-12(3)13(6-2)7-9-16-11-10-15-4/h12-14H,5-11H2,1-4H3. The number of ether oxygens (including phenoxy) is 2. The third-order valence-electron chi connectivity index (χ3n) is 3.01.